The van der Waals surface area contributed by atoms with Crippen molar-refractivity contribution in [1.29, 1.82) is 0 Å². The zero-order valence-corrected chi connectivity index (χ0v) is 16.7. The summed E-state index contributed by atoms with van der Waals surface area (Å²) in [5, 5.41) is 9.32. The number of pyridine rings is 1. The summed E-state index contributed by atoms with van der Waals surface area (Å²) in [4.78, 5) is 17.5. The Hall–Kier alpha value is -1.40. The van der Waals surface area contributed by atoms with Gasteiger partial charge in [0.25, 0.3) is 0 Å². The fourth-order valence-corrected chi connectivity index (χ4v) is 4.20. The van der Waals surface area contributed by atoms with E-state index in [9.17, 15) is 4.79 Å². The average molecular weight is 351 g/mol. The van der Waals surface area contributed by atoms with Crippen molar-refractivity contribution in [3.63, 3.8) is 0 Å². The van der Waals surface area contributed by atoms with Crippen LogP contribution in [0.15, 0.2) is 12.3 Å². The van der Waals surface area contributed by atoms with Crippen LogP contribution in [-0.4, -0.2) is 43.6 Å². The van der Waals surface area contributed by atoms with E-state index in [4.69, 9.17) is 9.53 Å². The molecule has 1 aliphatic heterocycles. The van der Waals surface area contributed by atoms with Gasteiger partial charge in [0, 0.05) is 19.2 Å². The summed E-state index contributed by atoms with van der Waals surface area (Å²) < 4.78 is 6.52. The predicted octanol–water partition coefficient (Wildman–Crippen LogP) is 4.08. The summed E-state index contributed by atoms with van der Waals surface area (Å²) in [6.45, 7) is 15.1. The van der Waals surface area contributed by atoms with Crippen molar-refractivity contribution in [1.82, 2.24) is 4.98 Å². The Morgan fingerprint density at radius 1 is 1.33 bits per heavy atom. The summed E-state index contributed by atoms with van der Waals surface area (Å²) in [6, 6.07) is 1.92. The van der Waals surface area contributed by atoms with Crippen LogP contribution in [0, 0.1) is 6.92 Å². The molecule has 2 heterocycles. The van der Waals surface area contributed by atoms with Crippen LogP contribution in [0.25, 0.3) is 0 Å². The molecule has 0 unspecified atom stereocenters. The van der Waals surface area contributed by atoms with E-state index in [1.54, 1.807) is 13.1 Å². The van der Waals surface area contributed by atoms with Crippen molar-refractivity contribution in [2.24, 2.45) is 0 Å². The molecule has 0 aromatic carbocycles. The molecule has 0 amide bonds. The van der Waals surface area contributed by atoms with Crippen molar-refractivity contribution in [2.45, 2.75) is 64.8 Å². The first-order valence-electron chi connectivity index (χ1n) is 8.64. The Morgan fingerprint density at radius 3 is 2.38 bits per heavy atom. The maximum absolute atomic E-state index is 11.1. The standard InChI is InChI=1S/C18H30N2O3Si/c1-13-11-14(12-19-16(13)17(21)22)20-9-7-15(8-10-20)23-24(5,6)18(2,3)4/h11-12,15H,7-10H2,1-6H3,(H,21,22). The van der Waals surface area contributed by atoms with Gasteiger partial charge in [-0.1, -0.05) is 20.8 Å². The Morgan fingerprint density at radius 2 is 1.92 bits per heavy atom. The summed E-state index contributed by atoms with van der Waals surface area (Å²) in [6.07, 6.45) is 4.01. The molecule has 0 radical (unpaired) electrons. The third kappa shape index (κ3) is 4.16. The Bertz CT molecular complexity index is 603. The molecule has 134 valence electrons. The quantitative estimate of drug-likeness (QED) is 0.829. The number of aryl methyl sites for hydroxylation is 1. The molecule has 1 fully saturated rings. The van der Waals surface area contributed by atoms with Crippen molar-refractivity contribution < 1.29 is 14.3 Å². The van der Waals surface area contributed by atoms with E-state index in [2.05, 4.69) is 43.7 Å². The first-order valence-corrected chi connectivity index (χ1v) is 11.5. The molecule has 0 atom stereocenters. The number of hydrogen-bond donors (Lipinski definition) is 1. The van der Waals surface area contributed by atoms with Gasteiger partial charge in [-0.05, 0) is 49.5 Å². The summed E-state index contributed by atoms with van der Waals surface area (Å²) in [7, 11) is -1.72. The molecule has 1 aromatic heterocycles. The minimum atomic E-state index is -1.72. The molecular formula is C18H30N2O3Si. The number of aromatic nitrogens is 1. The van der Waals surface area contributed by atoms with Crippen LogP contribution in [0.5, 0.6) is 0 Å². The van der Waals surface area contributed by atoms with Crippen molar-refractivity contribution in [3.8, 4) is 0 Å². The second-order valence-corrected chi connectivity index (χ2v) is 13.0. The van der Waals surface area contributed by atoms with E-state index in [1.807, 2.05) is 6.07 Å². The number of hydrogen-bond acceptors (Lipinski definition) is 4. The zero-order chi connectivity index (χ0) is 18.1. The molecule has 6 heteroatoms. The highest BCUT2D eigenvalue weighted by Crippen LogP contribution is 2.38. The normalized spacial score (nSPS) is 17.2. The fraction of sp³-hybridized carbons (Fsp3) is 0.667. The highest BCUT2D eigenvalue weighted by atomic mass is 28.4. The number of anilines is 1. The molecule has 1 N–H and O–H groups in total. The van der Waals surface area contributed by atoms with Gasteiger partial charge in [0.05, 0.1) is 11.9 Å². The van der Waals surface area contributed by atoms with E-state index in [1.165, 1.54) is 0 Å². The Labute approximate surface area is 146 Å². The lowest BCUT2D eigenvalue weighted by atomic mass is 10.1. The molecule has 1 saturated heterocycles. The van der Waals surface area contributed by atoms with Crippen LogP contribution in [0.4, 0.5) is 5.69 Å². The lowest BCUT2D eigenvalue weighted by Crippen LogP contribution is -2.47. The van der Waals surface area contributed by atoms with Gasteiger partial charge < -0.3 is 14.4 Å². The van der Waals surface area contributed by atoms with Crippen LogP contribution in [0.2, 0.25) is 18.1 Å². The molecule has 1 aliphatic rings. The molecule has 0 aliphatic carbocycles. The highest BCUT2D eigenvalue weighted by Gasteiger charge is 2.39. The lowest BCUT2D eigenvalue weighted by Gasteiger charge is -2.42. The Balaban J connectivity index is 1.98. The van der Waals surface area contributed by atoms with Gasteiger partial charge in [-0.15, -0.1) is 0 Å². The third-order valence-electron chi connectivity index (χ3n) is 5.34. The number of rotatable bonds is 4. The van der Waals surface area contributed by atoms with E-state index >= 15 is 0 Å². The number of piperidine rings is 1. The van der Waals surface area contributed by atoms with Crippen LogP contribution < -0.4 is 4.90 Å². The van der Waals surface area contributed by atoms with Crippen LogP contribution in [0.3, 0.4) is 0 Å². The first-order chi connectivity index (χ1) is 11.0. The van der Waals surface area contributed by atoms with Gasteiger partial charge in [-0.25, -0.2) is 9.78 Å². The first kappa shape index (κ1) is 18.9. The molecule has 24 heavy (non-hydrogen) atoms. The predicted molar refractivity (Wildman–Crippen MR) is 99.5 cm³/mol. The number of carbonyl (C=O) groups is 1. The van der Waals surface area contributed by atoms with Crippen molar-refractivity contribution in [3.05, 3.63) is 23.5 Å². The zero-order valence-electron chi connectivity index (χ0n) is 15.7. The van der Waals surface area contributed by atoms with Gasteiger partial charge in [-0.2, -0.15) is 0 Å². The number of carboxylic acids is 1. The lowest BCUT2D eigenvalue weighted by molar-refractivity contribution is 0.0689. The average Bonchev–Trinajstić information content (AvgIpc) is 2.46. The topological polar surface area (TPSA) is 62.7 Å². The van der Waals surface area contributed by atoms with Crippen LogP contribution in [0.1, 0.15) is 49.7 Å². The SMILES string of the molecule is Cc1cc(N2CCC(O[Si](C)(C)C(C)(C)C)CC2)cnc1C(=O)O. The van der Waals surface area contributed by atoms with Gasteiger partial charge >= 0.3 is 5.97 Å². The molecular weight excluding hydrogens is 320 g/mol. The number of carboxylic acid groups (broad SMARTS) is 1. The van der Waals surface area contributed by atoms with Gasteiger partial charge in [-0.3, -0.25) is 0 Å². The van der Waals surface area contributed by atoms with E-state index in [0.29, 0.717) is 11.7 Å². The Kier molecular flexibility index (Phi) is 5.40. The molecule has 2 rings (SSSR count). The van der Waals surface area contributed by atoms with E-state index < -0.39 is 14.3 Å². The summed E-state index contributed by atoms with van der Waals surface area (Å²) in [5.74, 6) is -0.972. The van der Waals surface area contributed by atoms with E-state index in [0.717, 1.165) is 31.6 Å². The van der Waals surface area contributed by atoms with Crippen LogP contribution >= 0.6 is 0 Å². The van der Waals surface area contributed by atoms with Crippen molar-refractivity contribution in [2.75, 3.05) is 18.0 Å². The summed E-state index contributed by atoms with van der Waals surface area (Å²) >= 11 is 0. The second kappa shape index (κ2) is 6.84. The maximum atomic E-state index is 11.1. The number of nitrogens with zero attached hydrogens (tertiary/aromatic N) is 2. The molecule has 5 nitrogen and oxygen atoms in total. The largest absolute Gasteiger partial charge is 0.477 e. The minimum Gasteiger partial charge on any atom is -0.477 e. The molecule has 0 spiro atoms. The van der Waals surface area contributed by atoms with Crippen molar-refractivity contribution >= 4 is 20.0 Å². The molecule has 0 bridgehead atoms. The number of aromatic carboxylic acids is 1. The van der Waals surface area contributed by atoms with Gasteiger partial charge in [0.15, 0.2) is 14.0 Å². The fourth-order valence-electron chi connectivity index (χ4n) is 2.78. The summed E-state index contributed by atoms with van der Waals surface area (Å²) in [5.41, 5.74) is 1.85. The molecule has 1 aromatic rings. The third-order valence-corrected chi connectivity index (χ3v) is 9.88. The molecule has 0 saturated carbocycles. The van der Waals surface area contributed by atoms with Gasteiger partial charge in [0.1, 0.15) is 0 Å². The maximum Gasteiger partial charge on any atom is 0.354 e. The smallest absolute Gasteiger partial charge is 0.354 e. The minimum absolute atomic E-state index is 0.134. The monoisotopic (exact) mass is 350 g/mol. The van der Waals surface area contributed by atoms with Gasteiger partial charge in [0.2, 0.25) is 0 Å². The van der Waals surface area contributed by atoms with Crippen LogP contribution in [-0.2, 0) is 4.43 Å². The highest BCUT2D eigenvalue weighted by molar-refractivity contribution is 6.74. The second-order valence-electron chi connectivity index (χ2n) is 8.23. The van der Waals surface area contributed by atoms with E-state index in [-0.39, 0.29) is 10.7 Å².